The number of rotatable bonds is 3. The molecule has 5 heteroatoms. The molecule has 1 saturated heterocycles. The lowest BCUT2D eigenvalue weighted by Gasteiger charge is -2.17. The molecule has 1 aliphatic rings. The minimum Gasteiger partial charge on any atom is -0.457 e. The van der Waals surface area contributed by atoms with Crippen molar-refractivity contribution in [2.75, 3.05) is 0 Å². The summed E-state index contributed by atoms with van der Waals surface area (Å²) in [6.07, 6.45) is 0.297. The molecule has 17 heavy (non-hydrogen) atoms. The number of hydrogen-bond acceptors (Lipinski definition) is 4. The number of ether oxygens (including phenoxy) is 2. The highest BCUT2D eigenvalue weighted by molar-refractivity contribution is 6.34. The van der Waals surface area contributed by atoms with Crippen LogP contribution in [0.1, 0.15) is 18.4 Å². The van der Waals surface area contributed by atoms with Gasteiger partial charge in [-0.05, 0) is 5.56 Å². The summed E-state index contributed by atoms with van der Waals surface area (Å²) in [5.74, 6) is -1.19. The van der Waals surface area contributed by atoms with Gasteiger partial charge in [0.15, 0.2) is 0 Å². The maximum atomic E-state index is 11.7. The van der Waals surface area contributed by atoms with Crippen LogP contribution in [0.2, 0.25) is 0 Å². The van der Waals surface area contributed by atoms with E-state index in [1.165, 1.54) is 0 Å². The number of carbonyl (C=O) groups excluding carboxylic acids is 2. The number of halogens is 1. The fourth-order valence-corrected chi connectivity index (χ4v) is 1.76. The van der Waals surface area contributed by atoms with Crippen LogP contribution in [-0.2, 0) is 25.7 Å². The van der Waals surface area contributed by atoms with Gasteiger partial charge in [0, 0.05) is 6.42 Å². The Morgan fingerprint density at radius 1 is 1.41 bits per heavy atom. The topological polar surface area (TPSA) is 52.6 Å². The molecular weight excluding hydrogens is 244 g/mol. The monoisotopic (exact) mass is 254 g/mol. The van der Waals surface area contributed by atoms with E-state index in [2.05, 4.69) is 0 Å². The summed E-state index contributed by atoms with van der Waals surface area (Å²) in [5, 5.41) is -1.63. The molecule has 1 aliphatic heterocycles. The Morgan fingerprint density at radius 2 is 2.12 bits per heavy atom. The summed E-state index contributed by atoms with van der Waals surface area (Å²) >= 11 is 5.86. The second kappa shape index (κ2) is 4.75. The summed E-state index contributed by atoms with van der Waals surface area (Å²) in [6.45, 7) is 0.117. The number of carbonyl (C=O) groups is 2. The molecule has 1 aromatic carbocycles. The van der Waals surface area contributed by atoms with Crippen molar-refractivity contribution in [3.05, 3.63) is 35.9 Å². The molecule has 4 nitrogen and oxygen atoms in total. The molecule has 1 heterocycles. The molecule has 0 amide bonds. The van der Waals surface area contributed by atoms with Gasteiger partial charge in [-0.1, -0.05) is 41.9 Å². The Kier molecular flexibility index (Phi) is 3.33. The van der Waals surface area contributed by atoms with Crippen LogP contribution in [0.5, 0.6) is 0 Å². The molecule has 90 valence electrons. The van der Waals surface area contributed by atoms with E-state index in [4.69, 9.17) is 21.1 Å². The van der Waals surface area contributed by atoms with E-state index < -0.39 is 17.0 Å². The van der Waals surface area contributed by atoms with Gasteiger partial charge in [0.2, 0.25) is 0 Å². The van der Waals surface area contributed by atoms with Gasteiger partial charge in [0.25, 0.3) is 5.06 Å². The van der Waals surface area contributed by atoms with Crippen molar-refractivity contribution >= 4 is 23.5 Å². The van der Waals surface area contributed by atoms with Crippen molar-refractivity contribution in [2.24, 2.45) is 0 Å². The van der Waals surface area contributed by atoms with Crippen molar-refractivity contribution in [1.29, 1.82) is 0 Å². The first-order valence-corrected chi connectivity index (χ1v) is 5.60. The minimum atomic E-state index is -1.63. The number of cyclic esters (lactones) is 1. The average molecular weight is 255 g/mol. The van der Waals surface area contributed by atoms with Crippen LogP contribution in [0, 0.1) is 0 Å². The minimum absolute atomic E-state index is 0.117. The number of esters is 2. The van der Waals surface area contributed by atoms with Crippen LogP contribution in [0.25, 0.3) is 0 Å². The zero-order valence-electron chi connectivity index (χ0n) is 9.02. The molecule has 0 bridgehead atoms. The normalized spacial score (nSPS) is 23.2. The third kappa shape index (κ3) is 2.77. The standard InChI is InChI=1S/C12H11ClO4/c13-12(7-6-10(14)17-12)11(15)16-8-9-4-2-1-3-5-9/h1-5H,6-8H2. The van der Waals surface area contributed by atoms with Gasteiger partial charge >= 0.3 is 11.9 Å². The molecule has 0 aromatic heterocycles. The Balaban J connectivity index is 1.92. The second-order valence-corrected chi connectivity index (χ2v) is 4.37. The van der Waals surface area contributed by atoms with E-state index in [1.807, 2.05) is 30.3 Å². The van der Waals surface area contributed by atoms with E-state index in [1.54, 1.807) is 0 Å². The predicted molar refractivity (Wildman–Crippen MR) is 60.1 cm³/mol. The maximum Gasteiger partial charge on any atom is 0.367 e. The molecule has 0 saturated carbocycles. The first kappa shape index (κ1) is 11.9. The lowest BCUT2D eigenvalue weighted by molar-refractivity contribution is -0.166. The van der Waals surface area contributed by atoms with Crippen LogP contribution >= 0.6 is 11.6 Å². The largest absolute Gasteiger partial charge is 0.457 e. The predicted octanol–water partition coefficient (Wildman–Crippen LogP) is 2.00. The van der Waals surface area contributed by atoms with Gasteiger partial charge in [0.05, 0.1) is 6.42 Å². The quantitative estimate of drug-likeness (QED) is 0.612. The summed E-state index contributed by atoms with van der Waals surface area (Å²) in [6, 6.07) is 9.21. The number of benzene rings is 1. The molecule has 1 fully saturated rings. The van der Waals surface area contributed by atoms with Gasteiger partial charge in [-0.25, -0.2) is 4.79 Å². The maximum absolute atomic E-state index is 11.7. The number of hydrogen-bond donors (Lipinski definition) is 0. The smallest absolute Gasteiger partial charge is 0.367 e. The summed E-state index contributed by atoms with van der Waals surface area (Å²) < 4.78 is 9.77. The van der Waals surface area contributed by atoms with Crippen molar-refractivity contribution < 1.29 is 19.1 Å². The number of alkyl halides is 1. The van der Waals surface area contributed by atoms with Gasteiger partial charge in [0.1, 0.15) is 6.61 Å². The molecule has 0 spiro atoms. The summed E-state index contributed by atoms with van der Waals surface area (Å²) in [7, 11) is 0. The first-order chi connectivity index (χ1) is 8.10. The van der Waals surface area contributed by atoms with Crippen molar-refractivity contribution in [2.45, 2.75) is 24.5 Å². The second-order valence-electron chi connectivity index (χ2n) is 3.76. The van der Waals surface area contributed by atoms with Crippen LogP contribution in [0.15, 0.2) is 30.3 Å². The molecule has 0 aliphatic carbocycles. The molecule has 0 radical (unpaired) electrons. The third-order valence-electron chi connectivity index (χ3n) is 2.44. The zero-order valence-corrected chi connectivity index (χ0v) is 9.77. The van der Waals surface area contributed by atoms with E-state index in [-0.39, 0.29) is 19.4 Å². The lowest BCUT2D eigenvalue weighted by atomic mass is 10.2. The molecular formula is C12H11ClO4. The SMILES string of the molecule is O=C1CCC(Cl)(C(=O)OCc2ccccc2)O1. The van der Waals surface area contributed by atoms with Crippen LogP contribution in [0.3, 0.4) is 0 Å². The van der Waals surface area contributed by atoms with Gasteiger partial charge in [-0.2, -0.15) is 0 Å². The molecule has 2 rings (SSSR count). The van der Waals surface area contributed by atoms with E-state index >= 15 is 0 Å². The molecule has 1 aromatic rings. The van der Waals surface area contributed by atoms with E-state index in [9.17, 15) is 9.59 Å². The highest BCUT2D eigenvalue weighted by Gasteiger charge is 2.47. The van der Waals surface area contributed by atoms with Gasteiger partial charge < -0.3 is 9.47 Å². The Labute approximate surface area is 103 Å². The van der Waals surface area contributed by atoms with Crippen LogP contribution < -0.4 is 0 Å². The zero-order chi connectivity index (χ0) is 12.3. The Morgan fingerprint density at radius 3 is 2.71 bits per heavy atom. The first-order valence-electron chi connectivity index (χ1n) is 5.22. The molecule has 1 atom stereocenters. The highest BCUT2D eigenvalue weighted by atomic mass is 35.5. The van der Waals surface area contributed by atoms with Crippen molar-refractivity contribution in [3.63, 3.8) is 0 Å². The van der Waals surface area contributed by atoms with E-state index in [0.717, 1.165) is 5.56 Å². The lowest BCUT2D eigenvalue weighted by Crippen LogP contribution is -2.33. The van der Waals surface area contributed by atoms with E-state index in [0.29, 0.717) is 0 Å². The fourth-order valence-electron chi connectivity index (χ4n) is 1.52. The van der Waals surface area contributed by atoms with Gasteiger partial charge in [-0.3, -0.25) is 4.79 Å². The van der Waals surface area contributed by atoms with Crippen molar-refractivity contribution in [3.8, 4) is 0 Å². The highest BCUT2D eigenvalue weighted by Crippen LogP contribution is 2.32. The van der Waals surface area contributed by atoms with Crippen LogP contribution in [-0.4, -0.2) is 17.0 Å². The molecule has 1 unspecified atom stereocenters. The third-order valence-corrected chi connectivity index (χ3v) is 2.86. The summed E-state index contributed by atoms with van der Waals surface area (Å²) in [5.41, 5.74) is 0.852. The van der Waals surface area contributed by atoms with Gasteiger partial charge in [-0.15, -0.1) is 0 Å². The summed E-state index contributed by atoms with van der Waals surface area (Å²) in [4.78, 5) is 22.6. The average Bonchev–Trinajstić information content (AvgIpc) is 2.69. The molecule has 0 N–H and O–H groups in total. The fraction of sp³-hybridized carbons (Fsp3) is 0.333. The Bertz CT molecular complexity index is 431. The van der Waals surface area contributed by atoms with Crippen molar-refractivity contribution in [1.82, 2.24) is 0 Å². The Hall–Kier alpha value is -1.55. The van der Waals surface area contributed by atoms with Crippen LogP contribution in [0.4, 0.5) is 0 Å².